The van der Waals surface area contributed by atoms with Crippen LogP contribution in [0, 0.1) is 11.3 Å². The van der Waals surface area contributed by atoms with Crippen LogP contribution in [0.2, 0.25) is 0 Å². The maximum absolute atomic E-state index is 12.8. The number of rotatable bonds is 11. The second kappa shape index (κ2) is 14.4. The quantitative estimate of drug-likeness (QED) is 0.251. The molecule has 0 bridgehead atoms. The van der Waals surface area contributed by atoms with Gasteiger partial charge >= 0.3 is 6.09 Å². The number of ether oxygens (including phenoxy) is 3. The van der Waals surface area contributed by atoms with Gasteiger partial charge < -0.3 is 19.5 Å². The first-order chi connectivity index (χ1) is 18.4. The Morgan fingerprint density at radius 1 is 1.11 bits per heavy atom. The number of hydrazone groups is 1. The van der Waals surface area contributed by atoms with Gasteiger partial charge in [-0.2, -0.15) is 10.4 Å². The molecule has 3 rings (SSSR count). The Kier molecular flexibility index (Phi) is 10.7. The minimum absolute atomic E-state index is 0.185. The highest BCUT2D eigenvalue weighted by atomic mass is 79.9. The van der Waals surface area contributed by atoms with Gasteiger partial charge in [-0.05, 0) is 46.6 Å². The number of hydrogen-bond donors (Lipinski definition) is 2. The monoisotopic (exact) mass is 578 g/mol. The van der Waals surface area contributed by atoms with E-state index in [0.29, 0.717) is 27.1 Å². The summed E-state index contributed by atoms with van der Waals surface area (Å²) in [5, 5.41) is 15.9. The van der Waals surface area contributed by atoms with Crippen LogP contribution in [0.15, 0.2) is 76.3 Å². The van der Waals surface area contributed by atoms with Crippen LogP contribution in [-0.4, -0.2) is 38.0 Å². The fourth-order valence-corrected chi connectivity index (χ4v) is 3.88. The van der Waals surface area contributed by atoms with Crippen LogP contribution in [0.4, 0.5) is 4.79 Å². The Labute approximate surface area is 229 Å². The molecule has 10 heteroatoms. The van der Waals surface area contributed by atoms with Crippen molar-refractivity contribution in [3.05, 3.63) is 93.5 Å². The van der Waals surface area contributed by atoms with Crippen LogP contribution in [0.1, 0.15) is 29.2 Å². The molecule has 9 nitrogen and oxygen atoms in total. The van der Waals surface area contributed by atoms with E-state index < -0.39 is 18.0 Å². The molecule has 0 fully saturated rings. The van der Waals surface area contributed by atoms with Gasteiger partial charge in [-0.25, -0.2) is 10.2 Å². The van der Waals surface area contributed by atoms with Crippen molar-refractivity contribution in [2.45, 2.75) is 26.0 Å². The lowest BCUT2D eigenvalue weighted by atomic mass is 10.1. The van der Waals surface area contributed by atoms with Crippen molar-refractivity contribution < 1.29 is 23.8 Å². The summed E-state index contributed by atoms with van der Waals surface area (Å²) in [6.07, 6.45) is 1.02. The molecule has 3 aromatic carbocycles. The van der Waals surface area contributed by atoms with Gasteiger partial charge in [0, 0.05) is 22.0 Å². The summed E-state index contributed by atoms with van der Waals surface area (Å²) in [7, 11) is 1.51. The molecule has 1 atom stereocenters. The van der Waals surface area contributed by atoms with E-state index in [4.69, 9.17) is 14.2 Å². The number of benzene rings is 3. The van der Waals surface area contributed by atoms with Crippen molar-refractivity contribution >= 4 is 34.1 Å². The average Bonchev–Trinajstić information content (AvgIpc) is 2.93. The normalized spacial score (nSPS) is 11.3. The fourth-order valence-electron chi connectivity index (χ4n) is 3.45. The van der Waals surface area contributed by atoms with E-state index in [1.54, 1.807) is 31.2 Å². The van der Waals surface area contributed by atoms with Gasteiger partial charge in [-0.3, -0.25) is 4.79 Å². The van der Waals surface area contributed by atoms with Gasteiger partial charge in [-0.1, -0.05) is 48.5 Å². The number of carbonyl (C=O) groups excluding carboxylic acids is 2. The summed E-state index contributed by atoms with van der Waals surface area (Å²) < 4.78 is 16.9. The molecule has 0 aliphatic heterocycles. The topological polar surface area (TPSA) is 122 Å². The van der Waals surface area contributed by atoms with E-state index in [1.807, 2.05) is 42.5 Å². The second-order valence-electron chi connectivity index (χ2n) is 7.92. The number of hydrogen-bond acceptors (Lipinski definition) is 7. The fraction of sp³-hybridized carbons (Fsp3) is 0.214. The van der Waals surface area contributed by atoms with Gasteiger partial charge in [0.2, 0.25) is 0 Å². The van der Waals surface area contributed by atoms with Crippen molar-refractivity contribution in [2.75, 3.05) is 13.7 Å². The van der Waals surface area contributed by atoms with Crippen LogP contribution in [0.25, 0.3) is 0 Å². The largest absolute Gasteiger partial charge is 0.493 e. The number of alkyl carbamates (subject to hydrolysis) is 1. The molecule has 0 saturated heterocycles. The molecule has 196 valence electrons. The van der Waals surface area contributed by atoms with Crippen LogP contribution >= 0.6 is 15.9 Å². The van der Waals surface area contributed by atoms with Crippen molar-refractivity contribution in [2.24, 2.45) is 5.10 Å². The zero-order valence-corrected chi connectivity index (χ0v) is 22.5. The molecule has 0 radical (unpaired) electrons. The molecule has 0 saturated carbocycles. The Morgan fingerprint density at radius 2 is 1.84 bits per heavy atom. The first-order valence-electron chi connectivity index (χ1n) is 11.7. The second-order valence-corrected chi connectivity index (χ2v) is 8.78. The van der Waals surface area contributed by atoms with Crippen molar-refractivity contribution in [3.63, 3.8) is 0 Å². The number of nitrogens with one attached hydrogen (secondary N) is 2. The molecule has 2 N–H and O–H groups in total. The average molecular weight is 579 g/mol. The summed E-state index contributed by atoms with van der Waals surface area (Å²) in [6, 6.07) is 21.2. The van der Waals surface area contributed by atoms with E-state index in [2.05, 4.69) is 37.8 Å². The standard InChI is InChI=1S/C28H27BrN4O5/c1-3-37-28(35)32-24(13-19-9-5-4-6-10-19)27(34)33-31-17-22-14-25(36-2)26(15-23(22)29)38-18-21-12-8-7-11-20(21)16-30/h4-12,14-15,17,24H,3,13,18H2,1-2H3,(H,32,35)(H,33,34)/b31-17-/t24-/m1/s1. The Balaban J connectivity index is 1.70. The van der Waals surface area contributed by atoms with Crippen LogP contribution in [-0.2, 0) is 22.6 Å². The highest BCUT2D eigenvalue weighted by Crippen LogP contribution is 2.33. The zero-order chi connectivity index (χ0) is 27.3. The SMILES string of the molecule is CCOC(=O)N[C@H](Cc1ccccc1)C(=O)N/N=C\c1cc(OC)c(OCc2ccccc2C#N)cc1Br. The van der Waals surface area contributed by atoms with E-state index in [0.717, 1.165) is 11.1 Å². The molecule has 0 heterocycles. The third-order valence-electron chi connectivity index (χ3n) is 5.35. The molecular formula is C28H27BrN4O5. The molecule has 3 aromatic rings. The lowest BCUT2D eigenvalue weighted by Crippen LogP contribution is -2.47. The first kappa shape index (κ1) is 28.2. The predicted molar refractivity (Wildman–Crippen MR) is 146 cm³/mol. The van der Waals surface area contributed by atoms with E-state index in [1.165, 1.54) is 13.3 Å². The highest BCUT2D eigenvalue weighted by Gasteiger charge is 2.21. The summed E-state index contributed by atoms with van der Waals surface area (Å²) in [6.45, 7) is 2.06. The molecule has 0 unspecified atom stereocenters. The van der Waals surface area contributed by atoms with E-state index in [-0.39, 0.29) is 19.6 Å². The molecule has 0 aromatic heterocycles. The number of nitriles is 1. The summed E-state index contributed by atoms with van der Waals surface area (Å²) in [4.78, 5) is 24.8. The smallest absolute Gasteiger partial charge is 0.407 e. The van der Waals surface area contributed by atoms with Gasteiger partial charge in [0.05, 0.1) is 31.6 Å². The minimum Gasteiger partial charge on any atom is -0.493 e. The summed E-state index contributed by atoms with van der Waals surface area (Å²) >= 11 is 3.49. The Hall–Kier alpha value is -4.36. The van der Waals surface area contributed by atoms with Crippen molar-refractivity contribution in [3.8, 4) is 17.6 Å². The molecule has 0 spiro atoms. The molecular weight excluding hydrogens is 552 g/mol. The first-order valence-corrected chi connectivity index (χ1v) is 12.5. The number of amides is 2. The third-order valence-corrected chi connectivity index (χ3v) is 6.04. The number of nitrogens with zero attached hydrogens (tertiary/aromatic N) is 2. The predicted octanol–water partition coefficient (Wildman–Crippen LogP) is 4.72. The number of halogens is 1. The summed E-state index contributed by atoms with van der Waals surface area (Å²) in [5.74, 6) is 0.411. The maximum atomic E-state index is 12.8. The van der Waals surface area contributed by atoms with Gasteiger partial charge in [0.1, 0.15) is 12.6 Å². The van der Waals surface area contributed by atoms with Crippen LogP contribution in [0.5, 0.6) is 11.5 Å². The van der Waals surface area contributed by atoms with Crippen molar-refractivity contribution in [1.29, 1.82) is 5.26 Å². The van der Waals surface area contributed by atoms with Gasteiger partial charge in [-0.15, -0.1) is 0 Å². The maximum Gasteiger partial charge on any atom is 0.407 e. The molecule has 38 heavy (non-hydrogen) atoms. The minimum atomic E-state index is -0.890. The summed E-state index contributed by atoms with van der Waals surface area (Å²) in [5.41, 5.74) is 5.25. The Bertz CT molecular complexity index is 1320. The van der Waals surface area contributed by atoms with Crippen molar-refractivity contribution in [1.82, 2.24) is 10.7 Å². The lowest BCUT2D eigenvalue weighted by molar-refractivity contribution is -0.123. The number of carbonyl (C=O) groups is 2. The number of methoxy groups -OCH3 is 1. The van der Waals surface area contributed by atoms with E-state index in [9.17, 15) is 14.9 Å². The Morgan fingerprint density at radius 3 is 2.55 bits per heavy atom. The highest BCUT2D eigenvalue weighted by molar-refractivity contribution is 9.10. The van der Waals surface area contributed by atoms with Gasteiger partial charge in [0.15, 0.2) is 11.5 Å². The zero-order valence-electron chi connectivity index (χ0n) is 20.9. The van der Waals surface area contributed by atoms with Crippen LogP contribution in [0.3, 0.4) is 0 Å². The molecule has 0 aliphatic rings. The molecule has 2 amide bonds. The lowest BCUT2D eigenvalue weighted by Gasteiger charge is -2.17. The molecule has 0 aliphatic carbocycles. The van der Waals surface area contributed by atoms with Crippen LogP contribution < -0.4 is 20.2 Å². The van der Waals surface area contributed by atoms with E-state index >= 15 is 0 Å². The van der Waals surface area contributed by atoms with Gasteiger partial charge in [0.25, 0.3) is 5.91 Å². The third kappa shape index (κ3) is 8.08.